The molecule has 0 fully saturated rings. The van der Waals surface area contributed by atoms with Crippen molar-refractivity contribution in [2.24, 2.45) is 0 Å². The van der Waals surface area contributed by atoms with Crippen LogP contribution in [0.5, 0.6) is 0 Å². The fourth-order valence-electron chi connectivity index (χ4n) is 1.38. The Bertz CT molecular complexity index is 420. The van der Waals surface area contributed by atoms with Crippen LogP contribution in [0, 0.1) is 0 Å². The van der Waals surface area contributed by atoms with Gasteiger partial charge < -0.3 is 4.90 Å². The van der Waals surface area contributed by atoms with Crippen molar-refractivity contribution in [3.8, 4) is 0 Å². The van der Waals surface area contributed by atoms with E-state index in [4.69, 9.17) is 0 Å². The van der Waals surface area contributed by atoms with Gasteiger partial charge in [0.1, 0.15) is 0 Å². The number of nitrogens with zero attached hydrogens (tertiary/aromatic N) is 2. The molecule has 0 spiro atoms. The zero-order chi connectivity index (χ0) is 13.5. The molecule has 1 aromatic rings. The Morgan fingerprint density at radius 2 is 2.28 bits per heavy atom. The molecule has 1 aromatic heterocycles. The van der Waals surface area contributed by atoms with E-state index in [2.05, 4.69) is 27.5 Å². The minimum atomic E-state index is 0.121. The lowest BCUT2D eigenvalue weighted by Gasteiger charge is -2.20. The van der Waals surface area contributed by atoms with Gasteiger partial charge >= 0.3 is 0 Å². The minimum absolute atomic E-state index is 0.121. The van der Waals surface area contributed by atoms with Gasteiger partial charge in [-0.1, -0.05) is 23.9 Å². The van der Waals surface area contributed by atoms with Crippen LogP contribution < -0.4 is 0 Å². The van der Waals surface area contributed by atoms with Crippen LogP contribution >= 0.6 is 27.7 Å². The van der Waals surface area contributed by atoms with Gasteiger partial charge in [-0.25, -0.2) is 4.98 Å². The maximum atomic E-state index is 12.0. The molecule has 0 saturated heterocycles. The first-order valence-corrected chi connectivity index (χ1v) is 7.47. The lowest BCUT2D eigenvalue weighted by Crippen LogP contribution is -2.33. The summed E-state index contributed by atoms with van der Waals surface area (Å²) >= 11 is 4.79. The highest BCUT2D eigenvalue weighted by Crippen LogP contribution is 2.18. The maximum Gasteiger partial charge on any atom is 0.233 e. The highest BCUT2D eigenvalue weighted by atomic mass is 79.9. The van der Waals surface area contributed by atoms with Gasteiger partial charge in [0.05, 0.1) is 10.8 Å². The molecule has 0 N–H and O–H groups in total. The molecular formula is C13H17BrN2OS. The Hall–Kier alpha value is -0.810. The second-order valence-electron chi connectivity index (χ2n) is 3.97. The Balaban J connectivity index is 2.49. The van der Waals surface area contributed by atoms with E-state index in [9.17, 15) is 4.79 Å². The summed E-state index contributed by atoms with van der Waals surface area (Å²) < 4.78 is 0.940. The fourth-order valence-corrected chi connectivity index (χ4v) is 2.36. The van der Waals surface area contributed by atoms with Gasteiger partial charge in [0, 0.05) is 23.8 Å². The summed E-state index contributed by atoms with van der Waals surface area (Å²) in [7, 11) is 0. The lowest BCUT2D eigenvalue weighted by atomic mass is 10.3. The number of hydrogen-bond acceptors (Lipinski definition) is 3. The number of carbonyl (C=O) groups is 1. The van der Waals surface area contributed by atoms with Crippen molar-refractivity contribution in [1.82, 2.24) is 9.88 Å². The predicted molar refractivity (Wildman–Crippen MR) is 79.7 cm³/mol. The zero-order valence-corrected chi connectivity index (χ0v) is 13.1. The van der Waals surface area contributed by atoms with Crippen molar-refractivity contribution in [3.63, 3.8) is 0 Å². The summed E-state index contributed by atoms with van der Waals surface area (Å²) in [5.41, 5.74) is 0.997. The number of rotatable bonds is 6. The number of amides is 1. The lowest BCUT2D eigenvalue weighted by molar-refractivity contribution is -0.127. The molecule has 5 heteroatoms. The molecule has 18 heavy (non-hydrogen) atoms. The summed E-state index contributed by atoms with van der Waals surface area (Å²) in [6.45, 7) is 9.08. The van der Waals surface area contributed by atoms with Crippen molar-refractivity contribution >= 4 is 33.6 Å². The molecule has 0 aliphatic heterocycles. The first-order chi connectivity index (χ1) is 8.52. The number of thioether (sulfide) groups is 1. The molecule has 0 bridgehead atoms. The van der Waals surface area contributed by atoms with Gasteiger partial charge in [0.15, 0.2) is 0 Å². The number of likely N-dealkylation sites (N-methyl/N-ethyl adjacent to an activating group) is 1. The zero-order valence-electron chi connectivity index (χ0n) is 10.6. The predicted octanol–water partition coefficient (Wildman–Crippen LogP) is 3.36. The van der Waals surface area contributed by atoms with E-state index < -0.39 is 0 Å². The van der Waals surface area contributed by atoms with E-state index in [1.165, 1.54) is 11.8 Å². The van der Waals surface area contributed by atoms with Crippen molar-refractivity contribution in [1.29, 1.82) is 0 Å². The standard InChI is InChI=1S/C13H17BrN2OS/c1-4-16(8-10(2)3)13(17)9-18-12-6-5-11(14)7-15-12/h5-7H,2,4,8-9H2,1,3H3. The van der Waals surface area contributed by atoms with E-state index in [0.717, 1.165) is 15.1 Å². The third kappa shape index (κ3) is 5.23. The summed E-state index contributed by atoms with van der Waals surface area (Å²) in [4.78, 5) is 18.0. The van der Waals surface area contributed by atoms with Gasteiger partial charge in [-0.05, 0) is 41.9 Å². The monoisotopic (exact) mass is 328 g/mol. The Kier molecular flexibility index (Phi) is 6.43. The van der Waals surface area contributed by atoms with Gasteiger partial charge in [-0.15, -0.1) is 0 Å². The third-order valence-electron chi connectivity index (χ3n) is 2.24. The SMILES string of the molecule is C=C(C)CN(CC)C(=O)CSc1ccc(Br)cn1. The normalized spacial score (nSPS) is 10.2. The summed E-state index contributed by atoms with van der Waals surface area (Å²) in [5, 5.41) is 0.859. The average Bonchev–Trinajstić information content (AvgIpc) is 2.34. The average molecular weight is 329 g/mol. The van der Waals surface area contributed by atoms with E-state index in [0.29, 0.717) is 18.8 Å². The van der Waals surface area contributed by atoms with Crippen LogP contribution in [-0.2, 0) is 4.79 Å². The first kappa shape index (κ1) is 15.2. The van der Waals surface area contributed by atoms with Crippen LogP contribution in [0.3, 0.4) is 0 Å². The Morgan fingerprint density at radius 1 is 1.56 bits per heavy atom. The summed E-state index contributed by atoms with van der Waals surface area (Å²) in [5.74, 6) is 0.533. The molecule has 0 aliphatic rings. The van der Waals surface area contributed by atoms with Crippen molar-refractivity contribution in [2.45, 2.75) is 18.9 Å². The van der Waals surface area contributed by atoms with E-state index in [-0.39, 0.29) is 5.91 Å². The van der Waals surface area contributed by atoms with Crippen molar-refractivity contribution in [3.05, 3.63) is 35.0 Å². The van der Waals surface area contributed by atoms with Crippen LogP contribution in [0.25, 0.3) is 0 Å². The molecule has 0 saturated carbocycles. The maximum absolute atomic E-state index is 12.0. The first-order valence-electron chi connectivity index (χ1n) is 5.69. The van der Waals surface area contributed by atoms with Gasteiger partial charge in [0.25, 0.3) is 0 Å². The summed E-state index contributed by atoms with van der Waals surface area (Å²) in [6.07, 6.45) is 1.73. The highest BCUT2D eigenvalue weighted by molar-refractivity contribution is 9.10. The minimum Gasteiger partial charge on any atom is -0.338 e. The second kappa shape index (κ2) is 7.59. The van der Waals surface area contributed by atoms with Crippen LogP contribution in [-0.4, -0.2) is 34.6 Å². The largest absolute Gasteiger partial charge is 0.338 e. The van der Waals surface area contributed by atoms with E-state index in [1.807, 2.05) is 26.0 Å². The van der Waals surface area contributed by atoms with E-state index >= 15 is 0 Å². The van der Waals surface area contributed by atoms with E-state index in [1.54, 1.807) is 11.1 Å². The van der Waals surface area contributed by atoms with Crippen molar-refractivity contribution < 1.29 is 4.79 Å². The molecule has 1 rings (SSSR count). The molecule has 0 unspecified atom stereocenters. The summed E-state index contributed by atoms with van der Waals surface area (Å²) in [6, 6.07) is 3.82. The van der Waals surface area contributed by atoms with Crippen LogP contribution in [0.1, 0.15) is 13.8 Å². The molecule has 3 nitrogen and oxygen atoms in total. The van der Waals surface area contributed by atoms with Crippen LogP contribution in [0.15, 0.2) is 40.0 Å². The molecule has 0 radical (unpaired) electrons. The molecule has 0 aliphatic carbocycles. The molecule has 0 aromatic carbocycles. The third-order valence-corrected chi connectivity index (χ3v) is 3.64. The highest BCUT2D eigenvalue weighted by Gasteiger charge is 2.12. The number of aromatic nitrogens is 1. The Labute approximate surface area is 121 Å². The van der Waals surface area contributed by atoms with Gasteiger partial charge in [-0.3, -0.25) is 4.79 Å². The van der Waals surface area contributed by atoms with Gasteiger partial charge in [0.2, 0.25) is 5.91 Å². The topological polar surface area (TPSA) is 33.2 Å². The number of halogens is 1. The molecule has 1 amide bonds. The Morgan fingerprint density at radius 3 is 2.78 bits per heavy atom. The number of pyridine rings is 1. The molecule has 0 atom stereocenters. The molecule has 98 valence electrons. The quantitative estimate of drug-likeness (QED) is 0.593. The van der Waals surface area contributed by atoms with Crippen LogP contribution in [0.4, 0.5) is 0 Å². The van der Waals surface area contributed by atoms with Gasteiger partial charge in [-0.2, -0.15) is 0 Å². The molecular weight excluding hydrogens is 312 g/mol. The number of carbonyl (C=O) groups excluding carboxylic acids is 1. The van der Waals surface area contributed by atoms with Crippen LogP contribution in [0.2, 0.25) is 0 Å². The smallest absolute Gasteiger partial charge is 0.233 e. The van der Waals surface area contributed by atoms with Crippen molar-refractivity contribution in [2.75, 3.05) is 18.8 Å². The number of hydrogen-bond donors (Lipinski definition) is 0. The second-order valence-corrected chi connectivity index (χ2v) is 5.88. The fraction of sp³-hybridized carbons (Fsp3) is 0.385. The molecule has 1 heterocycles.